The first-order valence-electron chi connectivity index (χ1n) is 9.36. The van der Waals surface area contributed by atoms with E-state index in [-0.39, 0.29) is 24.8 Å². The maximum absolute atomic E-state index is 13.0. The number of piperidine rings is 1. The number of nitrogens with one attached hydrogen (secondary N) is 1. The standard InChI is InChI=1S/C19H22F2N4O3/c20-17(21)13-8-24(9-14(13)22)6-10-1-2-12-11(5-10)7-25(19(12)28)15-3-4-16(26)23-18(15)27/h1-2,5,13-15,17H,3-4,6-9,22H2,(H,23,26,27)/t13-,14-,15?/m1/s1. The van der Waals surface area contributed by atoms with Crippen LogP contribution in [-0.2, 0) is 22.7 Å². The first-order chi connectivity index (χ1) is 13.3. The van der Waals surface area contributed by atoms with Gasteiger partial charge in [0.1, 0.15) is 6.04 Å². The summed E-state index contributed by atoms with van der Waals surface area (Å²) in [6.07, 6.45) is -1.90. The molecule has 1 unspecified atom stereocenters. The second kappa shape index (κ2) is 7.21. The topological polar surface area (TPSA) is 95.7 Å². The Labute approximate surface area is 160 Å². The lowest BCUT2D eigenvalue weighted by molar-refractivity contribution is -0.136. The summed E-state index contributed by atoms with van der Waals surface area (Å²) in [4.78, 5) is 39.5. The molecule has 0 aromatic heterocycles. The fourth-order valence-electron chi connectivity index (χ4n) is 4.32. The molecule has 0 saturated carbocycles. The Hall–Kier alpha value is -2.39. The molecule has 4 rings (SSSR count). The average Bonchev–Trinajstić information content (AvgIpc) is 3.15. The molecule has 0 spiro atoms. The number of likely N-dealkylation sites (tertiary alicyclic amines) is 1. The molecule has 3 heterocycles. The Morgan fingerprint density at radius 1 is 1.21 bits per heavy atom. The zero-order valence-corrected chi connectivity index (χ0v) is 15.2. The predicted octanol–water partition coefficient (Wildman–Crippen LogP) is 0.472. The number of fused-ring (bicyclic) bond motifs is 1. The molecular formula is C19H22F2N4O3. The van der Waals surface area contributed by atoms with Crippen LogP contribution in [0.3, 0.4) is 0 Å². The van der Waals surface area contributed by atoms with Crippen molar-refractivity contribution in [2.45, 2.75) is 44.4 Å². The number of hydrogen-bond donors (Lipinski definition) is 2. The first kappa shape index (κ1) is 18.9. The molecule has 2 fully saturated rings. The monoisotopic (exact) mass is 392 g/mol. The zero-order valence-electron chi connectivity index (χ0n) is 15.2. The van der Waals surface area contributed by atoms with E-state index >= 15 is 0 Å². The van der Waals surface area contributed by atoms with Crippen molar-refractivity contribution in [1.82, 2.24) is 15.1 Å². The maximum Gasteiger partial charge on any atom is 0.255 e. The molecule has 0 bridgehead atoms. The van der Waals surface area contributed by atoms with Gasteiger partial charge in [0.25, 0.3) is 5.91 Å². The summed E-state index contributed by atoms with van der Waals surface area (Å²) < 4.78 is 26.0. The number of nitrogens with two attached hydrogens (primary N) is 1. The molecule has 1 aromatic rings. The highest BCUT2D eigenvalue weighted by atomic mass is 19.3. The van der Waals surface area contributed by atoms with Crippen molar-refractivity contribution in [2.24, 2.45) is 11.7 Å². The van der Waals surface area contributed by atoms with E-state index in [1.165, 1.54) is 4.90 Å². The van der Waals surface area contributed by atoms with Crippen LogP contribution < -0.4 is 11.1 Å². The number of imide groups is 1. The average molecular weight is 392 g/mol. The zero-order chi connectivity index (χ0) is 20.0. The van der Waals surface area contributed by atoms with Gasteiger partial charge in [-0.05, 0) is 23.6 Å². The summed E-state index contributed by atoms with van der Waals surface area (Å²) in [5.74, 6) is -1.81. The first-order valence-corrected chi connectivity index (χ1v) is 9.36. The lowest BCUT2D eigenvalue weighted by Gasteiger charge is -2.29. The number of alkyl halides is 2. The van der Waals surface area contributed by atoms with Gasteiger partial charge in [0.2, 0.25) is 18.2 Å². The number of benzene rings is 1. The number of amides is 3. The van der Waals surface area contributed by atoms with Crippen molar-refractivity contribution in [1.29, 1.82) is 0 Å². The maximum atomic E-state index is 13.0. The Kier molecular flexibility index (Phi) is 4.88. The number of carbonyl (C=O) groups is 3. The minimum absolute atomic E-state index is 0.211. The highest BCUT2D eigenvalue weighted by molar-refractivity contribution is 6.05. The van der Waals surface area contributed by atoms with Crippen LogP contribution in [0.25, 0.3) is 0 Å². The van der Waals surface area contributed by atoms with Gasteiger partial charge in [-0.3, -0.25) is 24.6 Å². The van der Waals surface area contributed by atoms with Gasteiger partial charge in [-0.1, -0.05) is 12.1 Å². The van der Waals surface area contributed by atoms with Gasteiger partial charge in [0.05, 0.1) is 0 Å². The van der Waals surface area contributed by atoms with Crippen molar-refractivity contribution in [3.63, 3.8) is 0 Å². The summed E-state index contributed by atoms with van der Waals surface area (Å²) in [6, 6.07) is 4.23. The van der Waals surface area contributed by atoms with Crippen molar-refractivity contribution in [2.75, 3.05) is 13.1 Å². The van der Waals surface area contributed by atoms with Crippen LogP contribution in [0.2, 0.25) is 0 Å². The van der Waals surface area contributed by atoms with Crippen LogP contribution in [0.4, 0.5) is 8.78 Å². The van der Waals surface area contributed by atoms with Crippen LogP contribution in [0, 0.1) is 5.92 Å². The van der Waals surface area contributed by atoms with Gasteiger partial charge >= 0.3 is 0 Å². The fraction of sp³-hybridized carbons (Fsp3) is 0.526. The highest BCUT2D eigenvalue weighted by Gasteiger charge is 2.39. The Bertz CT molecular complexity index is 831. The summed E-state index contributed by atoms with van der Waals surface area (Å²) in [7, 11) is 0. The quantitative estimate of drug-likeness (QED) is 0.727. The van der Waals surface area contributed by atoms with Crippen molar-refractivity contribution in [3.8, 4) is 0 Å². The number of hydrogen-bond acceptors (Lipinski definition) is 5. The van der Waals surface area contributed by atoms with Crippen molar-refractivity contribution in [3.05, 3.63) is 34.9 Å². The molecule has 3 aliphatic heterocycles. The molecule has 3 atom stereocenters. The molecular weight excluding hydrogens is 370 g/mol. The fourth-order valence-corrected chi connectivity index (χ4v) is 4.32. The third kappa shape index (κ3) is 3.40. The Balaban J connectivity index is 1.46. The number of rotatable bonds is 4. The van der Waals surface area contributed by atoms with Crippen LogP contribution in [0.15, 0.2) is 18.2 Å². The lowest BCUT2D eigenvalue weighted by atomic mass is 10.0. The summed E-state index contributed by atoms with van der Waals surface area (Å²) >= 11 is 0. The van der Waals surface area contributed by atoms with E-state index in [2.05, 4.69) is 5.32 Å². The highest BCUT2D eigenvalue weighted by Crippen LogP contribution is 2.29. The Morgan fingerprint density at radius 3 is 2.68 bits per heavy atom. The molecule has 0 aliphatic carbocycles. The predicted molar refractivity (Wildman–Crippen MR) is 95.2 cm³/mol. The van der Waals surface area contributed by atoms with E-state index < -0.39 is 30.3 Å². The Morgan fingerprint density at radius 2 is 2.00 bits per heavy atom. The van der Waals surface area contributed by atoms with Gasteiger partial charge in [-0.2, -0.15) is 0 Å². The van der Waals surface area contributed by atoms with E-state index in [1.807, 2.05) is 17.0 Å². The molecule has 3 N–H and O–H groups in total. The molecule has 0 radical (unpaired) electrons. The SMILES string of the molecule is N[C@@H]1CN(Cc2ccc3c(c2)CN(C2CCC(=O)NC2=O)C3=O)C[C@H]1C(F)F. The molecule has 7 nitrogen and oxygen atoms in total. The summed E-state index contributed by atoms with van der Waals surface area (Å²) in [5, 5.41) is 2.28. The van der Waals surface area contributed by atoms with Gasteiger partial charge in [-0.15, -0.1) is 0 Å². The van der Waals surface area contributed by atoms with E-state index in [4.69, 9.17) is 5.73 Å². The van der Waals surface area contributed by atoms with Crippen LogP contribution >= 0.6 is 0 Å². The van der Waals surface area contributed by atoms with Crippen LogP contribution in [-0.4, -0.2) is 59.1 Å². The normalized spacial score (nSPS) is 28.2. The van der Waals surface area contributed by atoms with Gasteiger partial charge in [-0.25, -0.2) is 8.78 Å². The molecule has 150 valence electrons. The molecule has 3 amide bonds. The van der Waals surface area contributed by atoms with Gasteiger partial charge in [0, 0.05) is 50.1 Å². The van der Waals surface area contributed by atoms with Crippen LogP contribution in [0.5, 0.6) is 0 Å². The summed E-state index contributed by atoms with van der Waals surface area (Å²) in [5.41, 5.74) is 8.08. The third-order valence-electron chi connectivity index (χ3n) is 5.81. The second-order valence-electron chi connectivity index (χ2n) is 7.75. The summed E-state index contributed by atoms with van der Waals surface area (Å²) in [6.45, 7) is 1.44. The van der Waals surface area contributed by atoms with Gasteiger partial charge < -0.3 is 10.6 Å². The van der Waals surface area contributed by atoms with Crippen molar-refractivity contribution < 1.29 is 23.2 Å². The van der Waals surface area contributed by atoms with E-state index in [1.54, 1.807) is 6.07 Å². The lowest BCUT2D eigenvalue weighted by Crippen LogP contribution is -2.52. The minimum Gasteiger partial charge on any atom is -0.326 e. The molecule has 9 heteroatoms. The number of halogens is 2. The largest absolute Gasteiger partial charge is 0.326 e. The van der Waals surface area contributed by atoms with Crippen molar-refractivity contribution >= 4 is 17.7 Å². The number of nitrogens with zero attached hydrogens (tertiary/aromatic N) is 2. The second-order valence-corrected chi connectivity index (χ2v) is 7.75. The molecule has 3 aliphatic rings. The number of carbonyl (C=O) groups excluding carboxylic acids is 3. The molecule has 2 saturated heterocycles. The minimum atomic E-state index is -2.43. The van der Waals surface area contributed by atoms with Gasteiger partial charge in [0.15, 0.2) is 0 Å². The molecule has 28 heavy (non-hydrogen) atoms. The van der Waals surface area contributed by atoms with E-state index in [0.717, 1.165) is 11.1 Å². The van der Waals surface area contributed by atoms with E-state index in [9.17, 15) is 23.2 Å². The van der Waals surface area contributed by atoms with E-state index in [0.29, 0.717) is 31.6 Å². The third-order valence-corrected chi connectivity index (χ3v) is 5.81. The molecule has 1 aromatic carbocycles. The van der Waals surface area contributed by atoms with Crippen LogP contribution in [0.1, 0.15) is 34.3 Å². The smallest absolute Gasteiger partial charge is 0.255 e.